The predicted molar refractivity (Wildman–Crippen MR) is 101 cm³/mol. The highest BCUT2D eigenvalue weighted by molar-refractivity contribution is 7.13. The highest BCUT2D eigenvalue weighted by Crippen LogP contribution is 2.34. The molecule has 1 amide bonds. The fourth-order valence-electron chi connectivity index (χ4n) is 4.01. The van der Waals surface area contributed by atoms with Crippen molar-refractivity contribution in [3.63, 3.8) is 0 Å². The second kappa shape index (κ2) is 7.26. The highest BCUT2D eigenvalue weighted by atomic mass is 32.1. The quantitative estimate of drug-likeness (QED) is 0.831. The Morgan fingerprint density at radius 2 is 2.04 bits per heavy atom. The normalized spacial score (nSPS) is 21.2. The van der Waals surface area contributed by atoms with Crippen molar-refractivity contribution in [1.29, 1.82) is 0 Å². The van der Waals surface area contributed by atoms with E-state index >= 15 is 0 Å². The van der Waals surface area contributed by atoms with E-state index in [2.05, 4.69) is 33.8 Å². The van der Waals surface area contributed by atoms with Gasteiger partial charge in [0.1, 0.15) is 0 Å². The van der Waals surface area contributed by atoms with E-state index in [-0.39, 0.29) is 11.9 Å². The summed E-state index contributed by atoms with van der Waals surface area (Å²) in [6, 6.07) is 8.49. The monoisotopic (exact) mass is 355 g/mol. The van der Waals surface area contributed by atoms with Crippen LogP contribution < -0.4 is 0 Å². The van der Waals surface area contributed by atoms with Crippen molar-refractivity contribution in [2.75, 3.05) is 19.6 Å². The van der Waals surface area contributed by atoms with Crippen LogP contribution in [0.15, 0.2) is 30.5 Å². The van der Waals surface area contributed by atoms with E-state index in [0.717, 1.165) is 36.5 Å². The summed E-state index contributed by atoms with van der Waals surface area (Å²) in [7, 11) is 0. The van der Waals surface area contributed by atoms with Crippen LogP contribution >= 0.6 is 11.3 Å². The maximum Gasteiger partial charge on any atom is 0.264 e. The third-order valence-corrected chi connectivity index (χ3v) is 6.26. The fraction of sp³-hybridized carbons (Fsp3) is 0.500. The first-order valence-corrected chi connectivity index (χ1v) is 10.1. The Hall–Kier alpha value is -1.72. The number of amides is 1. The molecular formula is C20H25N3OS. The standard InChI is InChI=1S/C20H25N3OS/c1-15-6-7-19(25-15)20(24)23-12-4-5-18(23)16-8-9-21-17(13-16)14-22-10-2-3-11-22/h6-9,13,18H,2-5,10-12,14H2,1H3/t18-/m1/s1. The van der Waals surface area contributed by atoms with Gasteiger partial charge in [-0.15, -0.1) is 11.3 Å². The molecule has 4 nitrogen and oxygen atoms in total. The third kappa shape index (κ3) is 3.62. The number of hydrogen-bond donors (Lipinski definition) is 0. The molecule has 0 radical (unpaired) electrons. The molecule has 4 heterocycles. The zero-order valence-electron chi connectivity index (χ0n) is 14.8. The number of aryl methyl sites for hydroxylation is 1. The number of hydrogen-bond acceptors (Lipinski definition) is 4. The molecule has 0 unspecified atom stereocenters. The Bertz CT molecular complexity index is 751. The van der Waals surface area contributed by atoms with Gasteiger partial charge in [-0.2, -0.15) is 0 Å². The second-order valence-electron chi connectivity index (χ2n) is 7.13. The molecule has 0 aromatic carbocycles. The first-order chi connectivity index (χ1) is 12.2. The van der Waals surface area contributed by atoms with E-state index in [0.29, 0.717) is 0 Å². The van der Waals surface area contributed by atoms with Gasteiger partial charge in [-0.1, -0.05) is 0 Å². The summed E-state index contributed by atoms with van der Waals surface area (Å²) in [4.78, 5) is 24.1. The molecule has 2 fully saturated rings. The predicted octanol–water partition coefficient (Wildman–Crippen LogP) is 4.02. The Balaban J connectivity index is 1.52. The van der Waals surface area contributed by atoms with Gasteiger partial charge in [0.15, 0.2) is 0 Å². The largest absolute Gasteiger partial charge is 0.331 e. The fourth-order valence-corrected chi connectivity index (χ4v) is 4.83. The lowest BCUT2D eigenvalue weighted by atomic mass is 10.0. The van der Waals surface area contributed by atoms with Crippen LogP contribution in [0.2, 0.25) is 0 Å². The van der Waals surface area contributed by atoms with Crippen molar-refractivity contribution in [2.24, 2.45) is 0 Å². The number of likely N-dealkylation sites (tertiary alicyclic amines) is 2. The van der Waals surface area contributed by atoms with Gasteiger partial charge in [-0.05, 0) is 75.5 Å². The molecule has 4 rings (SSSR count). The Morgan fingerprint density at radius 3 is 2.80 bits per heavy atom. The van der Waals surface area contributed by atoms with E-state index in [1.807, 2.05) is 18.3 Å². The van der Waals surface area contributed by atoms with Crippen molar-refractivity contribution >= 4 is 17.2 Å². The Morgan fingerprint density at radius 1 is 1.20 bits per heavy atom. The van der Waals surface area contributed by atoms with Gasteiger partial charge in [0.05, 0.1) is 16.6 Å². The van der Waals surface area contributed by atoms with Gasteiger partial charge in [0.2, 0.25) is 0 Å². The lowest BCUT2D eigenvalue weighted by Gasteiger charge is -2.25. The number of pyridine rings is 1. The summed E-state index contributed by atoms with van der Waals surface area (Å²) < 4.78 is 0. The molecule has 132 valence electrons. The molecule has 0 N–H and O–H groups in total. The van der Waals surface area contributed by atoms with E-state index in [4.69, 9.17) is 0 Å². The summed E-state index contributed by atoms with van der Waals surface area (Å²) in [6.07, 6.45) is 6.63. The van der Waals surface area contributed by atoms with Gasteiger partial charge < -0.3 is 4.90 Å². The molecule has 25 heavy (non-hydrogen) atoms. The molecule has 5 heteroatoms. The van der Waals surface area contributed by atoms with E-state index < -0.39 is 0 Å². The van der Waals surface area contributed by atoms with Crippen molar-refractivity contribution in [3.8, 4) is 0 Å². The second-order valence-corrected chi connectivity index (χ2v) is 8.42. The number of rotatable bonds is 4. The summed E-state index contributed by atoms with van der Waals surface area (Å²) >= 11 is 1.59. The molecule has 2 saturated heterocycles. The SMILES string of the molecule is Cc1ccc(C(=O)N2CCC[C@@H]2c2ccnc(CN3CCCC3)c2)s1. The number of aromatic nitrogens is 1. The maximum absolute atomic E-state index is 12.9. The summed E-state index contributed by atoms with van der Waals surface area (Å²) in [5.74, 6) is 0.179. The average molecular weight is 356 g/mol. The van der Waals surface area contributed by atoms with E-state index in [1.165, 1.54) is 36.4 Å². The van der Waals surface area contributed by atoms with Crippen molar-refractivity contribution in [1.82, 2.24) is 14.8 Å². The Labute approximate surface area is 153 Å². The van der Waals surface area contributed by atoms with Crippen LogP contribution in [0.25, 0.3) is 0 Å². The summed E-state index contributed by atoms with van der Waals surface area (Å²) in [5.41, 5.74) is 2.37. The smallest absolute Gasteiger partial charge is 0.264 e. The molecule has 2 aliphatic rings. The first kappa shape index (κ1) is 16.7. The van der Waals surface area contributed by atoms with Crippen LogP contribution in [-0.4, -0.2) is 40.3 Å². The van der Waals surface area contributed by atoms with Gasteiger partial charge >= 0.3 is 0 Å². The Kier molecular flexibility index (Phi) is 4.86. The minimum absolute atomic E-state index is 0.179. The number of thiophene rings is 1. The van der Waals surface area contributed by atoms with Gasteiger partial charge in [0, 0.05) is 24.2 Å². The van der Waals surface area contributed by atoms with Gasteiger partial charge in [-0.25, -0.2) is 0 Å². The molecule has 0 aliphatic carbocycles. The van der Waals surface area contributed by atoms with Crippen molar-refractivity contribution in [3.05, 3.63) is 51.5 Å². The third-order valence-electron chi connectivity index (χ3n) is 5.27. The minimum atomic E-state index is 0.179. The summed E-state index contributed by atoms with van der Waals surface area (Å²) in [5, 5.41) is 0. The molecule has 2 aliphatic heterocycles. The van der Waals surface area contributed by atoms with Crippen LogP contribution in [-0.2, 0) is 6.54 Å². The lowest BCUT2D eigenvalue weighted by molar-refractivity contribution is 0.0740. The first-order valence-electron chi connectivity index (χ1n) is 9.25. The number of carbonyl (C=O) groups is 1. The average Bonchev–Trinajstić information content (AvgIpc) is 3.36. The lowest BCUT2D eigenvalue weighted by Crippen LogP contribution is -2.30. The van der Waals surface area contributed by atoms with Crippen LogP contribution in [0.3, 0.4) is 0 Å². The molecular weight excluding hydrogens is 330 g/mol. The number of carbonyl (C=O) groups excluding carboxylic acids is 1. The van der Waals surface area contributed by atoms with Gasteiger partial charge in [0.25, 0.3) is 5.91 Å². The molecule has 2 aromatic rings. The number of nitrogens with zero attached hydrogens (tertiary/aromatic N) is 3. The zero-order chi connectivity index (χ0) is 17.2. The molecule has 0 saturated carbocycles. The van der Waals surface area contributed by atoms with Crippen LogP contribution in [0.4, 0.5) is 0 Å². The zero-order valence-corrected chi connectivity index (χ0v) is 15.6. The van der Waals surface area contributed by atoms with Crippen molar-refractivity contribution < 1.29 is 4.79 Å². The van der Waals surface area contributed by atoms with Crippen LogP contribution in [0.1, 0.15) is 57.5 Å². The van der Waals surface area contributed by atoms with E-state index in [1.54, 1.807) is 11.3 Å². The van der Waals surface area contributed by atoms with Crippen molar-refractivity contribution in [2.45, 2.75) is 45.2 Å². The topological polar surface area (TPSA) is 36.4 Å². The van der Waals surface area contributed by atoms with Crippen LogP contribution in [0.5, 0.6) is 0 Å². The summed E-state index contributed by atoms with van der Waals surface area (Å²) in [6.45, 7) is 6.19. The van der Waals surface area contributed by atoms with E-state index in [9.17, 15) is 4.79 Å². The maximum atomic E-state index is 12.9. The molecule has 0 bridgehead atoms. The molecule has 2 aromatic heterocycles. The molecule has 1 atom stereocenters. The highest BCUT2D eigenvalue weighted by Gasteiger charge is 2.31. The van der Waals surface area contributed by atoms with Gasteiger partial charge in [-0.3, -0.25) is 14.7 Å². The molecule has 0 spiro atoms. The minimum Gasteiger partial charge on any atom is -0.331 e. The van der Waals surface area contributed by atoms with Crippen LogP contribution in [0, 0.1) is 6.92 Å².